The molecular weight excluding hydrogens is 604 g/mol. The van der Waals surface area contributed by atoms with Gasteiger partial charge in [0.1, 0.15) is 11.9 Å². The third-order valence-electron chi connectivity index (χ3n) is 9.26. The van der Waals surface area contributed by atoms with E-state index in [0.29, 0.717) is 39.1 Å². The maximum absolute atomic E-state index is 13.9. The van der Waals surface area contributed by atoms with Crippen LogP contribution in [0.1, 0.15) is 22.3 Å². The zero-order valence-corrected chi connectivity index (χ0v) is 26.9. The highest BCUT2D eigenvalue weighted by atomic mass is 16.3. The van der Waals surface area contributed by atoms with Crippen LogP contribution in [0.5, 0.6) is 5.75 Å². The van der Waals surface area contributed by atoms with E-state index in [1.54, 1.807) is 29.2 Å². The van der Waals surface area contributed by atoms with Crippen molar-refractivity contribution in [3.8, 4) is 5.75 Å². The number of benzene rings is 4. The molecule has 1 aromatic heterocycles. The topological polar surface area (TPSA) is 123 Å². The fraction of sp³-hybridized carbons (Fsp3) is 0.270. The zero-order valence-electron chi connectivity index (χ0n) is 26.9. The number of piperazine rings is 1. The Morgan fingerprint density at radius 3 is 2.42 bits per heavy atom. The summed E-state index contributed by atoms with van der Waals surface area (Å²) in [6.45, 7) is 2.79. The number of aromatic hydroxyl groups is 1. The maximum atomic E-state index is 13.9. The van der Waals surface area contributed by atoms with Gasteiger partial charge in [-0.15, -0.1) is 0 Å². The summed E-state index contributed by atoms with van der Waals surface area (Å²) >= 11 is 0. The number of nitrogen functional groups attached to an aromatic ring is 1. The van der Waals surface area contributed by atoms with Crippen LogP contribution < -0.4 is 11.1 Å². The number of nitrogens with one attached hydrogen (secondary N) is 1. The maximum Gasteiger partial charge on any atom is 0.334 e. The van der Waals surface area contributed by atoms with Crippen LogP contribution in [0.3, 0.4) is 0 Å². The van der Waals surface area contributed by atoms with Gasteiger partial charge < -0.3 is 21.1 Å². The van der Waals surface area contributed by atoms with Gasteiger partial charge in [-0.3, -0.25) is 14.4 Å². The summed E-state index contributed by atoms with van der Waals surface area (Å²) in [4.78, 5) is 31.8. The number of hydrogen-bond acceptors (Lipinski definition) is 7. The number of phenols is 1. The van der Waals surface area contributed by atoms with Crippen molar-refractivity contribution in [1.29, 1.82) is 0 Å². The first-order chi connectivity index (χ1) is 23.3. The molecule has 4 aromatic carbocycles. The lowest BCUT2D eigenvalue weighted by molar-refractivity contribution is -0.180. The molecule has 2 aliphatic rings. The number of urea groups is 1. The molecule has 3 heterocycles. The van der Waals surface area contributed by atoms with Crippen LogP contribution in [-0.4, -0.2) is 85.5 Å². The van der Waals surface area contributed by atoms with Crippen molar-refractivity contribution < 1.29 is 14.7 Å². The quantitative estimate of drug-likeness (QED) is 0.218. The van der Waals surface area contributed by atoms with E-state index in [2.05, 4.69) is 28.4 Å². The zero-order chi connectivity index (χ0) is 33.2. The molecule has 0 radical (unpaired) electrons. The van der Waals surface area contributed by atoms with Crippen LogP contribution in [0, 0.1) is 0 Å². The average molecular weight is 645 g/mol. The SMILES string of the molecule is CN1CC(=O)N2[C@@H](Cc3ccc(O)cc3)CN(Cc3cccc4cnn(Cc5ccc(N)cc5)c34)C[C@@H]2N1C(=O)NCc1ccccc1. The fourth-order valence-corrected chi connectivity index (χ4v) is 7.01. The Balaban J connectivity index is 1.19. The van der Waals surface area contributed by atoms with Gasteiger partial charge in [-0.1, -0.05) is 72.8 Å². The molecular formula is C37H40N8O3. The lowest BCUT2D eigenvalue weighted by Crippen LogP contribution is -2.74. The molecule has 0 unspecified atom stereocenters. The van der Waals surface area contributed by atoms with E-state index in [0.717, 1.165) is 38.8 Å². The van der Waals surface area contributed by atoms with Crippen molar-refractivity contribution in [3.05, 3.63) is 126 Å². The second-order valence-electron chi connectivity index (χ2n) is 12.7. The Hall–Kier alpha value is -5.39. The number of hydrogen-bond donors (Lipinski definition) is 3. The molecule has 48 heavy (non-hydrogen) atoms. The molecule has 0 spiro atoms. The van der Waals surface area contributed by atoms with Crippen molar-refractivity contribution in [2.75, 3.05) is 32.4 Å². The number of anilines is 1. The number of likely N-dealkylation sites (N-methyl/N-ethyl adjacent to an activating group) is 1. The Bertz CT molecular complexity index is 1890. The second kappa shape index (κ2) is 13.4. The Labute approximate surface area is 279 Å². The van der Waals surface area contributed by atoms with Crippen LogP contribution >= 0.6 is 0 Å². The normalized spacial score (nSPS) is 18.6. The molecule has 246 valence electrons. The van der Waals surface area contributed by atoms with E-state index in [1.165, 1.54) is 0 Å². The van der Waals surface area contributed by atoms with Gasteiger partial charge in [0.05, 0.1) is 30.8 Å². The van der Waals surface area contributed by atoms with Gasteiger partial charge >= 0.3 is 6.03 Å². The standard InChI is InChI=1S/C37H40N8O3/c1-41-25-35(47)44-32(18-26-12-16-33(46)17-13-26)23-42(24-34(44)45(41)37(48)39-19-27-6-3-2-4-7-27)22-30-9-5-8-29-20-40-43(36(29)30)21-28-10-14-31(38)15-11-28/h2-17,20,32,34,46H,18-19,21-25,38H2,1H3,(H,39,48)/t32-,34-/m0/s1. The van der Waals surface area contributed by atoms with Gasteiger partial charge in [0.15, 0.2) is 0 Å². The van der Waals surface area contributed by atoms with Crippen LogP contribution in [0.15, 0.2) is 103 Å². The summed E-state index contributed by atoms with van der Waals surface area (Å²) in [5.41, 5.74) is 11.9. The van der Waals surface area contributed by atoms with Crippen LogP contribution in [0.25, 0.3) is 10.9 Å². The van der Waals surface area contributed by atoms with E-state index in [4.69, 9.17) is 10.8 Å². The number of aromatic nitrogens is 2. The number of carbonyl (C=O) groups is 2. The van der Waals surface area contributed by atoms with Gasteiger partial charge in [0.25, 0.3) is 0 Å². The summed E-state index contributed by atoms with van der Waals surface area (Å²) in [6, 6.07) is 30.6. The third-order valence-corrected chi connectivity index (χ3v) is 9.26. The van der Waals surface area contributed by atoms with E-state index in [1.807, 2.05) is 82.5 Å². The predicted octanol–water partition coefficient (Wildman–Crippen LogP) is 4.03. The predicted molar refractivity (Wildman–Crippen MR) is 184 cm³/mol. The summed E-state index contributed by atoms with van der Waals surface area (Å²) in [5.74, 6) is 0.184. The minimum absolute atomic E-state index is 0.0123. The van der Waals surface area contributed by atoms with Crippen molar-refractivity contribution in [2.45, 2.75) is 38.3 Å². The molecule has 4 N–H and O–H groups in total. The molecule has 2 saturated heterocycles. The van der Waals surface area contributed by atoms with Crippen LogP contribution in [0.4, 0.5) is 10.5 Å². The summed E-state index contributed by atoms with van der Waals surface area (Å²) < 4.78 is 2.03. The molecule has 0 aliphatic carbocycles. The highest BCUT2D eigenvalue weighted by Crippen LogP contribution is 2.30. The van der Waals surface area contributed by atoms with Crippen molar-refractivity contribution in [3.63, 3.8) is 0 Å². The number of hydrazine groups is 1. The fourth-order valence-electron chi connectivity index (χ4n) is 7.01. The number of amides is 3. The molecule has 0 saturated carbocycles. The van der Waals surface area contributed by atoms with Gasteiger partial charge in [0, 0.05) is 44.3 Å². The molecule has 2 fully saturated rings. The Morgan fingerprint density at radius 2 is 1.65 bits per heavy atom. The summed E-state index contributed by atoms with van der Waals surface area (Å²) in [7, 11) is 1.79. The lowest BCUT2D eigenvalue weighted by atomic mass is 9.99. The number of phenolic OH excluding ortho intramolecular Hbond substituents is 1. The number of fused-ring (bicyclic) bond motifs is 2. The Kier molecular flexibility index (Phi) is 8.70. The minimum Gasteiger partial charge on any atom is -0.508 e. The van der Waals surface area contributed by atoms with E-state index < -0.39 is 6.17 Å². The number of nitrogens with zero attached hydrogens (tertiary/aromatic N) is 6. The molecule has 0 bridgehead atoms. The number of rotatable bonds is 8. The summed E-state index contributed by atoms with van der Waals surface area (Å²) in [6.07, 6.45) is 1.97. The first-order valence-electron chi connectivity index (χ1n) is 16.2. The molecule has 11 heteroatoms. The van der Waals surface area contributed by atoms with Crippen molar-refractivity contribution >= 4 is 28.5 Å². The molecule has 7 rings (SSSR count). The molecule has 2 atom stereocenters. The number of nitrogens with two attached hydrogens (primary N) is 1. The monoisotopic (exact) mass is 644 g/mol. The van der Waals surface area contributed by atoms with Gasteiger partial charge in [0.2, 0.25) is 5.91 Å². The highest BCUT2D eigenvalue weighted by Gasteiger charge is 2.47. The lowest BCUT2D eigenvalue weighted by Gasteiger charge is -2.55. The van der Waals surface area contributed by atoms with Gasteiger partial charge in [-0.05, 0) is 52.9 Å². The van der Waals surface area contributed by atoms with Gasteiger partial charge in [-0.2, -0.15) is 5.10 Å². The first-order valence-corrected chi connectivity index (χ1v) is 16.2. The first kappa shape index (κ1) is 31.2. The molecule has 3 amide bonds. The van der Waals surface area contributed by atoms with E-state index >= 15 is 0 Å². The number of para-hydroxylation sites is 1. The smallest absolute Gasteiger partial charge is 0.334 e. The van der Waals surface area contributed by atoms with Crippen LogP contribution in [0.2, 0.25) is 0 Å². The highest BCUT2D eigenvalue weighted by molar-refractivity contribution is 5.83. The van der Waals surface area contributed by atoms with Crippen molar-refractivity contribution in [1.82, 2.24) is 34.9 Å². The van der Waals surface area contributed by atoms with Crippen LogP contribution in [-0.2, 0) is 30.8 Å². The summed E-state index contributed by atoms with van der Waals surface area (Å²) in [5, 5.41) is 22.2. The third kappa shape index (κ3) is 6.55. The molecule has 11 nitrogen and oxygen atoms in total. The van der Waals surface area contributed by atoms with Gasteiger partial charge in [-0.25, -0.2) is 14.8 Å². The average Bonchev–Trinajstić information content (AvgIpc) is 3.49. The van der Waals surface area contributed by atoms with Crippen molar-refractivity contribution in [2.24, 2.45) is 0 Å². The minimum atomic E-state index is -0.512. The number of carbonyl (C=O) groups excluding carboxylic acids is 2. The van der Waals surface area contributed by atoms with E-state index in [9.17, 15) is 14.7 Å². The molecule has 5 aromatic rings. The largest absolute Gasteiger partial charge is 0.508 e. The Morgan fingerprint density at radius 1 is 0.896 bits per heavy atom. The molecule has 2 aliphatic heterocycles. The van der Waals surface area contributed by atoms with E-state index in [-0.39, 0.29) is 30.3 Å². The second-order valence-corrected chi connectivity index (χ2v) is 12.7.